The highest BCUT2D eigenvalue weighted by molar-refractivity contribution is 7.15. The minimum Gasteiger partial charge on any atom is -0.312 e. The zero-order valence-electron chi connectivity index (χ0n) is 16.5. The summed E-state index contributed by atoms with van der Waals surface area (Å²) in [5.74, 6) is 0.0320. The highest BCUT2D eigenvalue weighted by Crippen LogP contribution is 2.35. The first-order chi connectivity index (χ1) is 12.7. The van der Waals surface area contributed by atoms with Gasteiger partial charge in [0.25, 0.3) is 0 Å². The molecule has 0 radical (unpaired) electrons. The Hall–Kier alpha value is -2.28. The fourth-order valence-electron chi connectivity index (χ4n) is 2.89. The van der Waals surface area contributed by atoms with Crippen molar-refractivity contribution in [3.05, 3.63) is 34.3 Å². The van der Waals surface area contributed by atoms with E-state index in [1.807, 2.05) is 50.8 Å². The summed E-state index contributed by atoms with van der Waals surface area (Å²) in [6.45, 7) is 10.5. The Balaban J connectivity index is 1.71. The molecule has 27 heavy (non-hydrogen) atoms. The molecule has 1 aliphatic rings. The second kappa shape index (κ2) is 7.38. The molecule has 1 N–H and O–H groups in total. The van der Waals surface area contributed by atoms with E-state index in [2.05, 4.69) is 22.4 Å². The number of nitrogens with zero attached hydrogens (tertiary/aromatic N) is 3. The molecule has 0 unspecified atom stereocenters. The standard InChI is InChI=1S/C20H26N4O2S/c1-6-20(4,5)18(26)21-19-23-22-17(27-19)14-10-16(25)24(11-14)15-8-7-12(2)13(3)9-15/h7-9,14H,6,10-11H2,1-5H3,(H,21,23,26)/t14-/m1/s1. The van der Waals surface area contributed by atoms with E-state index >= 15 is 0 Å². The molecule has 144 valence electrons. The maximum Gasteiger partial charge on any atom is 0.231 e. The molecule has 1 atom stereocenters. The van der Waals surface area contributed by atoms with Gasteiger partial charge in [0.15, 0.2) is 0 Å². The van der Waals surface area contributed by atoms with Gasteiger partial charge in [-0.05, 0) is 43.5 Å². The zero-order chi connectivity index (χ0) is 19.8. The number of anilines is 2. The second-order valence-electron chi connectivity index (χ2n) is 7.81. The molecule has 1 aliphatic heterocycles. The van der Waals surface area contributed by atoms with Gasteiger partial charge in [-0.1, -0.05) is 38.2 Å². The average molecular weight is 387 g/mol. The molecular formula is C20H26N4O2S. The number of hydrogen-bond donors (Lipinski definition) is 1. The van der Waals surface area contributed by atoms with E-state index in [-0.39, 0.29) is 17.7 Å². The number of rotatable bonds is 5. The van der Waals surface area contributed by atoms with E-state index in [0.717, 1.165) is 17.1 Å². The SMILES string of the molecule is CCC(C)(C)C(=O)Nc1nnc([C@@H]2CC(=O)N(c3ccc(C)c(C)c3)C2)s1. The largest absolute Gasteiger partial charge is 0.312 e. The van der Waals surface area contributed by atoms with Gasteiger partial charge in [0, 0.05) is 30.0 Å². The van der Waals surface area contributed by atoms with E-state index in [1.165, 1.54) is 22.5 Å². The zero-order valence-corrected chi connectivity index (χ0v) is 17.3. The summed E-state index contributed by atoms with van der Waals surface area (Å²) in [5, 5.41) is 12.5. The third-order valence-electron chi connectivity index (χ3n) is 5.44. The smallest absolute Gasteiger partial charge is 0.231 e. The van der Waals surface area contributed by atoms with Gasteiger partial charge in [0.05, 0.1) is 0 Å². The van der Waals surface area contributed by atoms with E-state index in [1.54, 1.807) is 0 Å². The van der Waals surface area contributed by atoms with Crippen LogP contribution in [0.3, 0.4) is 0 Å². The molecule has 2 aromatic rings. The lowest BCUT2D eigenvalue weighted by molar-refractivity contribution is -0.124. The molecule has 0 saturated carbocycles. The van der Waals surface area contributed by atoms with Crippen molar-refractivity contribution >= 4 is 34.0 Å². The molecule has 1 fully saturated rings. The summed E-state index contributed by atoms with van der Waals surface area (Å²) in [6, 6.07) is 6.08. The number of carbonyl (C=O) groups is 2. The van der Waals surface area contributed by atoms with Gasteiger partial charge < -0.3 is 10.2 Å². The van der Waals surface area contributed by atoms with E-state index in [4.69, 9.17) is 0 Å². The Kier molecular flexibility index (Phi) is 5.33. The van der Waals surface area contributed by atoms with Crippen LogP contribution in [0.15, 0.2) is 18.2 Å². The van der Waals surface area contributed by atoms with Crippen molar-refractivity contribution in [3.63, 3.8) is 0 Å². The summed E-state index contributed by atoms with van der Waals surface area (Å²) in [4.78, 5) is 26.6. The lowest BCUT2D eigenvalue weighted by atomic mass is 9.89. The third kappa shape index (κ3) is 4.03. The highest BCUT2D eigenvalue weighted by atomic mass is 32.1. The maximum absolute atomic E-state index is 12.5. The molecule has 3 rings (SSSR count). The van der Waals surface area contributed by atoms with E-state index < -0.39 is 5.41 Å². The van der Waals surface area contributed by atoms with Crippen molar-refractivity contribution in [2.75, 3.05) is 16.8 Å². The summed E-state index contributed by atoms with van der Waals surface area (Å²) < 4.78 is 0. The number of carbonyl (C=O) groups excluding carboxylic acids is 2. The predicted octanol–water partition coefficient (Wildman–Crippen LogP) is 4.05. The maximum atomic E-state index is 12.5. The van der Waals surface area contributed by atoms with Crippen molar-refractivity contribution in [3.8, 4) is 0 Å². The molecule has 0 aliphatic carbocycles. The second-order valence-corrected chi connectivity index (χ2v) is 8.82. The Morgan fingerprint density at radius 1 is 1.30 bits per heavy atom. The van der Waals surface area contributed by atoms with Crippen LogP contribution in [0.4, 0.5) is 10.8 Å². The van der Waals surface area contributed by atoms with Crippen LogP contribution < -0.4 is 10.2 Å². The molecule has 2 heterocycles. The van der Waals surface area contributed by atoms with Crippen molar-refractivity contribution in [2.24, 2.45) is 5.41 Å². The summed E-state index contributed by atoms with van der Waals surface area (Å²) in [5.41, 5.74) is 2.85. The van der Waals surface area contributed by atoms with Crippen LogP contribution in [0.5, 0.6) is 0 Å². The van der Waals surface area contributed by atoms with E-state index in [0.29, 0.717) is 18.1 Å². The van der Waals surface area contributed by atoms with Gasteiger partial charge in [-0.3, -0.25) is 9.59 Å². The number of benzene rings is 1. The minimum absolute atomic E-state index is 0.00134. The molecule has 0 spiro atoms. The van der Waals surface area contributed by atoms with Gasteiger partial charge >= 0.3 is 0 Å². The lowest BCUT2D eigenvalue weighted by Gasteiger charge is -2.20. The summed E-state index contributed by atoms with van der Waals surface area (Å²) >= 11 is 1.36. The number of hydrogen-bond acceptors (Lipinski definition) is 5. The fraction of sp³-hybridized carbons (Fsp3) is 0.500. The van der Waals surface area contributed by atoms with Gasteiger partial charge in [-0.2, -0.15) is 0 Å². The van der Waals surface area contributed by atoms with Crippen LogP contribution in [-0.2, 0) is 9.59 Å². The third-order valence-corrected chi connectivity index (χ3v) is 6.44. The molecule has 1 aromatic carbocycles. The van der Waals surface area contributed by atoms with E-state index in [9.17, 15) is 9.59 Å². The van der Waals surface area contributed by atoms with Crippen LogP contribution in [0.2, 0.25) is 0 Å². The Bertz CT molecular complexity index is 875. The number of aromatic nitrogens is 2. The van der Waals surface area contributed by atoms with Gasteiger partial charge in [-0.25, -0.2) is 0 Å². The van der Waals surface area contributed by atoms with Gasteiger partial charge in [0.2, 0.25) is 16.9 Å². The number of aryl methyl sites for hydroxylation is 2. The summed E-state index contributed by atoms with van der Waals surface area (Å²) in [7, 11) is 0. The van der Waals surface area contributed by atoms with Crippen molar-refractivity contribution in [1.29, 1.82) is 0 Å². The van der Waals surface area contributed by atoms with Crippen LogP contribution in [-0.4, -0.2) is 28.6 Å². The monoisotopic (exact) mass is 386 g/mol. The molecule has 6 nitrogen and oxygen atoms in total. The van der Waals surface area contributed by atoms with Crippen LogP contribution in [0.1, 0.15) is 55.7 Å². The quantitative estimate of drug-likeness (QED) is 0.841. The Labute approximate surface area is 164 Å². The topological polar surface area (TPSA) is 75.2 Å². The average Bonchev–Trinajstić information content (AvgIpc) is 3.24. The van der Waals surface area contributed by atoms with Gasteiger partial charge in [0.1, 0.15) is 5.01 Å². The Morgan fingerprint density at radius 3 is 2.70 bits per heavy atom. The molecule has 2 amide bonds. The van der Waals surface area contributed by atoms with Crippen molar-refractivity contribution < 1.29 is 9.59 Å². The first-order valence-electron chi connectivity index (χ1n) is 9.23. The number of amides is 2. The first-order valence-corrected chi connectivity index (χ1v) is 10.1. The molecule has 1 saturated heterocycles. The fourth-order valence-corrected chi connectivity index (χ4v) is 3.72. The molecule has 7 heteroatoms. The predicted molar refractivity (Wildman–Crippen MR) is 108 cm³/mol. The molecular weight excluding hydrogens is 360 g/mol. The van der Waals surface area contributed by atoms with Crippen LogP contribution in [0.25, 0.3) is 0 Å². The highest BCUT2D eigenvalue weighted by Gasteiger charge is 2.34. The lowest BCUT2D eigenvalue weighted by Crippen LogP contribution is -2.29. The van der Waals surface area contributed by atoms with Crippen LogP contribution >= 0.6 is 11.3 Å². The Morgan fingerprint density at radius 2 is 2.04 bits per heavy atom. The van der Waals surface area contributed by atoms with Crippen molar-refractivity contribution in [2.45, 2.75) is 53.4 Å². The van der Waals surface area contributed by atoms with Gasteiger partial charge in [-0.15, -0.1) is 10.2 Å². The normalized spacial score (nSPS) is 17.4. The summed E-state index contributed by atoms with van der Waals surface area (Å²) in [6.07, 6.45) is 1.16. The molecule has 1 aromatic heterocycles. The molecule has 0 bridgehead atoms. The first kappa shape index (κ1) is 19.5. The van der Waals surface area contributed by atoms with Crippen molar-refractivity contribution in [1.82, 2.24) is 10.2 Å². The minimum atomic E-state index is -0.449. The number of nitrogens with one attached hydrogen (secondary N) is 1. The van der Waals surface area contributed by atoms with Crippen LogP contribution in [0, 0.1) is 19.3 Å².